The molecule has 0 amide bonds. The van der Waals surface area contributed by atoms with Crippen molar-refractivity contribution in [3.8, 4) is 0 Å². The van der Waals surface area contributed by atoms with E-state index in [0.29, 0.717) is 0 Å². The van der Waals surface area contributed by atoms with Crippen LogP contribution in [0.1, 0.15) is 32.1 Å². The molecule has 118 valence electrons. The van der Waals surface area contributed by atoms with Crippen molar-refractivity contribution < 1.29 is 0 Å². The molecule has 1 aromatic carbocycles. The smallest absolute Gasteiger partial charge is 0.0109 e. The second-order valence-corrected chi connectivity index (χ2v) is 7.41. The van der Waals surface area contributed by atoms with Crippen LogP contribution < -0.4 is 0 Å². The van der Waals surface area contributed by atoms with Gasteiger partial charge >= 0.3 is 0 Å². The number of likely N-dealkylation sites (N-methyl/N-ethyl adjacent to an activating group) is 2. The number of rotatable bonds is 9. The van der Waals surface area contributed by atoms with E-state index >= 15 is 0 Å². The predicted molar refractivity (Wildman–Crippen MR) is 94.2 cm³/mol. The van der Waals surface area contributed by atoms with E-state index in [9.17, 15) is 0 Å². The van der Waals surface area contributed by atoms with Gasteiger partial charge in [-0.1, -0.05) is 31.0 Å². The number of benzene rings is 1. The summed E-state index contributed by atoms with van der Waals surface area (Å²) in [5, 5.41) is 0. The monoisotopic (exact) mass is 306 g/mol. The van der Waals surface area contributed by atoms with Gasteiger partial charge in [0.05, 0.1) is 0 Å². The lowest BCUT2D eigenvalue weighted by Gasteiger charge is -2.26. The molecule has 0 bridgehead atoms. The van der Waals surface area contributed by atoms with Gasteiger partial charge in [0.1, 0.15) is 0 Å². The summed E-state index contributed by atoms with van der Waals surface area (Å²) in [6.45, 7) is 3.62. The van der Waals surface area contributed by atoms with Gasteiger partial charge < -0.3 is 9.80 Å². The van der Waals surface area contributed by atoms with Gasteiger partial charge in [0, 0.05) is 24.0 Å². The van der Waals surface area contributed by atoms with Crippen molar-refractivity contribution >= 4 is 11.8 Å². The fourth-order valence-corrected chi connectivity index (χ4v) is 3.87. The third-order valence-corrected chi connectivity index (χ3v) is 5.58. The van der Waals surface area contributed by atoms with Crippen molar-refractivity contribution in [3.63, 3.8) is 0 Å². The lowest BCUT2D eigenvalue weighted by Crippen LogP contribution is -2.36. The summed E-state index contributed by atoms with van der Waals surface area (Å²) in [5.41, 5.74) is 0. The zero-order chi connectivity index (χ0) is 14.9. The van der Waals surface area contributed by atoms with E-state index in [2.05, 4.69) is 54.2 Å². The van der Waals surface area contributed by atoms with Crippen LogP contribution in [0, 0.1) is 0 Å². The standard InChI is InChI=1S/C18H30N2S/c1-19(14-15-20(2)17-9-6-7-10-17)13-8-16-21-18-11-4-3-5-12-18/h3-5,11-12,17H,6-10,13-16H2,1-2H3. The number of hydrogen-bond donors (Lipinski definition) is 0. The highest BCUT2D eigenvalue weighted by Crippen LogP contribution is 2.22. The normalized spacial score (nSPS) is 16.2. The van der Waals surface area contributed by atoms with Crippen LogP contribution >= 0.6 is 11.8 Å². The third-order valence-electron chi connectivity index (χ3n) is 4.48. The van der Waals surface area contributed by atoms with Gasteiger partial charge in [-0.15, -0.1) is 11.8 Å². The zero-order valence-corrected chi connectivity index (χ0v) is 14.4. The van der Waals surface area contributed by atoms with Crippen LogP contribution in [0.2, 0.25) is 0 Å². The molecule has 3 heteroatoms. The molecule has 1 aliphatic carbocycles. The molecule has 1 fully saturated rings. The van der Waals surface area contributed by atoms with Crippen molar-refractivity contribution in [3.05, 3.63) is 30.3 Å². The Morgan fingerprint density at radius 1 is 1.00 bits per heavy atom. The molecule has 0 saturated heterocycles. The van der Waals surface area contributed by atoms with Crippen molar-refractivity contribution in [2.45, 2.75) is 43.0 Å². The lowest BCUT2D eigenvalue weighted by molar-refractivity contribution is 0.207. The molecule has 0 spiro atoms. The average molecular weight is 307 g/mol. The summed E-state index contributed by atoms with van der Waals surface area (Å²) < 4.78 is 0. The maximum Gasteiger partial charge on any atom is 0.0109 e. The molecule has 2 rings (SSSR count). The molecule has 0 heterocycles. The Labute approximate surface area is 134 Å². The second kappa shape index (κ2) is 9.50. The third kappa shape index (κ3) is 6.41. The zero-order valence-electron chi connectivity index (χ0n) is 13.6. The van der Waals surface area contributed by atoms with Gasteiger partial charge in [0.25, 0.3) is 0 Å². The highest BCUT2D eigenvalue weighted by molar-refractivity contribution is 7.99. The number of hydrogen-bond acceptors (Lipinski definition) is 3. The Morgan fingerprint density at radius 2 is 1.71 bits per heavy atom. The molecule has 2 nitrogen and oxygen atoms in total. The lowest BCUT2D eigenvalue weighted by atomic mass is 10.2. The van der Waals surface area contributed by atoms with Crippen LogP contribution in [-0.4, -0.2) is 55.3 Å². The SMILES string of the molecule is CN(CCCSc1ccccc1)CCN(C)C1CCCC1. The van der Waals surface area contributed by atoms with E-state index in [0.717, 1.165) is 6.04 Å². The van der Waals surface area contributed by atoms with Gasteiger partial charge in [-0.25, -0.2) is 0 Å². The highest BCUT2D eigenvalue weighted by Gasteiger charge is 2.19. The first-order valence-corrected chi connectivity index (χ1v) is 9.31. The second-order valence-electron chi connectivity index (χ2n) is 6.24. The average Bonchev–Trinajstić information content (AvgIpc) is 3.05. The van der Waals surface area contributed by atoms with Crippen molar-refractivity contribution in [2.75, 3.05) is 39.5 Å². The largest absolute Gasteiger partial charge is 0.305 e. The highest BCUT2D eigenvalue weighted by atomic mass is 32.2. The van der Waals surface area contributed by atoms with Crippen LogP contribution in [0.25, 0.3) is 0 Å². The van der Waals surface area contributed by atoms with Gasteiger partial charge in [-0.05, 0) is 57.8 Å². The van der Waals surface area contributed by atoms with Gasteiger partial charge in [0.2, 0.25) is 0 Å². The van der Waals surface area contributed by atoms with E-state index in [4.69, 9.17) is 0 Å². The summed E-state index contributed by atoms with van der Waals surface area (Å²) in [6.07, 6.45) is 6.95. The van der Waals surface area contributed by atoms with E-state index < -0.39 is 0 Å². The van der Waals surface area contributed by atoms with Crippen LogP contribution in [0.4, 0.5) is 0 Å². The predicted octanol–water partition coefficient (Wildman–Crippen LogP) is 3.98. The Balaban J connectivity index is 1.52. The molecule has 0 aliphatic heterocycles. The van der Waals surface area contributed by atoms with Crippen molar-refractivity contribution in [1.82, 2.24) is 9.80 Å². The molecule has 0 unspecified atom stereocenters. The molecule has 1 aromatic rings. The Kier molecular flexibility index (Phi) is 7.62. The molecule has 1 aliphatic rings. The molecule has 0 N–H and O–H groups in total. The molecule has 0 radical (unpaired) electrons. The molecule has 21 heavy (non-hydrogen) atoms. The molecule has 0 aromatic heterocycles. The minimum atomic E-state index is 0.854. The van der Waals surface area contributed by atoms with Gasteiger partial charge in [-0.3, -0.25) is 0 Å². The fraction of sp³-hybridized carbons (Fsp3) is 0.667. The van der Waals surface area contributed by atoms with Crippen molar-refractivity contribution in [2.24, 2.45) is 0 Å². The first kappa shape index (κ1) is 16.9. The summed E-state index contributed by atoms with van der Waals surface area (Å²) in [7, 11) is 4.56. The van der Waals surface area contributed by atoms with Crippen LogP contribution in [0.3, 0.4) is 0 Å². The molecular formula is C18H30N2S. The minimum Gasteiger partial charge on any atom is -0.305 e. The summed E-state index contributed by atoms with van der Waals surface area (Å²) in [6, 6.07) is 11.6. The minimum absolute atomic E-state index is 0.854. The van der Waals surface area contributed by atoms with E-state index in [1.807, 2.05) is 11.8 Å². The van der Waals surface area contributed by atoms with E-state index in [1.54, 1.807) is 0 Å². The maximum absolute atomic E-state index is 2.57. The Hall–Kier alpha value is -0.510. The Bertz CT molecular complexity index is 376. The maximum atomic E-state index is 2.57. The molecule has 0 atom stereocenters. The van der Waals surface area contributed by atoms with Crippen molar-refractivity contribution in [1.29, 1.82) is 0 Å². The first-order valence-electron chi connectivity index (χ1n) is 8.32. The molecular weight excluding hydrogens is 276 g/mol. The van der Waals surface area contributed by atoms with Gasteiger partial charge in [0.15, 0.2) is 0 Å². The topological polar surface area (TPSA) is 6.48 Å². The summed E-state index contributed by atoms with van der Waals surface area (Å²) >= 11 is 1.97. The number of thioether (sulfide) groups is 1. The summed E-state index contributed by atoms with van der Waals surface area (Å²) in [5.74, 6) is 1.22. The Morgan fingerprint density at radius 3 is 2.43 bits per heavy atom. The van der Waals surface area contributed by atoms with E-state index in [-0.39, 0.29) is 0 Å². The fourth-order valence-electron chi connectivity index (χ4n) is 3.01. The number of nitrogens with zero attached hydrogens (tertiary/aromatic N) is 2. The first-order chi connectivity index (χ1) is 10.3. The van der Waals surface area contributed by atoms with Crippen LogP contribution in [-0.2, 0) is 0 Å². The molecule has 1 saturated carbocycles. The van der Waals surface area contributed by atoms with E-state index in [1.165, 1.54) is 62.4 Å². The van der Waals surface area contributed by atoms with Gasteiger partial charge in [-0.2, -0.15) is 0 Å². The van der Waals surface area contributed by atoms with Crippen LogP contribution in [0.5, 0.6) is 0 Å². The quantitative estimate of drug-likeness (QED) is 0.503. The summed E-state index contributed by atoms with van der Waals surface area (Å²) in [4.78, 5) is 6.44. The van der Waals surface area contributed by atoms with Crippen LogP contribution in [0.15, 0.2) is 35.2 Å².